The highest BCUT2D eigenvalue weighted by Gasteiger charge is 2.48. The van der Waals surface area contributed by atoms with Gasteiger partial charge < -0.3 is 24.8 Å². The van der Waals surface area contributed by atoms with Gasteiger partial charge in [-0.1, -0.05) is 48.5 Å². The fourth-order valence-electron chi connectivity index (χ4n) is 5.16. The number of carboxylic acids is 1. The molecule has 0 radical (unpaired) electrons. The topological polar surface area (TPSA) is 105 Å². The first-order valence-corrected chi connectivity index (χ1v) is 11.2. The van der Waals surface area contributed by atoms with Crippen molar-refractivity contribution in [2.45, 2.75) is 24.3 Å². The molecule has 2 atom stereocenters. The lowest BCUT2D eigenvalue weighted by molar-refractivity contribution is -0.142. The number of ether oxygens (including phenoxy) is 2. The Morgan fingerprint density at radius 1 is 1.09 bits per heavy atom. The molecule has 0 bridgehead atoms. The summed E-state index contributed by atoms with van der Waals surface area (Å²) in [7, 11) is 0. The second-order valence-electron chi connectivity index (χ2n) is 8.91. The Balaban J connectivity index is 1.27. The summed E-state index contributed by atoms with van der Waals surface area (Å²) in [6.07, 6.45) is 0.0532. The van der Waals surface area contributed by atoms with Crippen LogP contribution in [0.4, 0.5) is 4.79 Å². The van der Waals surface area contributed by atoms with Gasteiger partial charge in [0.15, 0.2) is 0 Å². The lowest BCUT2D eigenvalue weighted by Crippen LogP contribution is -2.60. The second-order valence-corrected chi connectivity index (χ2v) is 8.91. The van der Waals surface area contributed by atoms with Crippen LogP contribution >= 0.6 is 0 Å². The summed E-state index contributed by atoms with van der Waals surface area (Å²) in [5.74, 6) is -1.88. The minimum atomic E-state index is -1.23. The van der Waals surface area contributed by atoms with E-state index < -0.39 is 23.5 Å². The summed E-state index contributed by atoms with van der Waals surface area (Å²) < 4.78 is 11.1. The van der Waals surface area contributed by atoms with E-state index in [1.165, 1.54) is 4.90 Å². The number of hydrogen-bond donors (Lipinski definition) is 2. The average Bonchev–Trinajstić information content (AvgIpc) is 3.56. The van der Waals surface area contributed by atoms with E-state index in [1.807, 2.05) is 36.4 Å². The van der Waals surface area contributed by atoms with Crippen LogP contribution in [0.25, 0.3) is 11.1 Å². The van der Waals surface area contributed by atoms with Crippen molar-refractivity contribution in [3.63, 3.8) is 0 Å². The molecule has 8 nitrogen and oxygen atoms in total. The van der Waals surface area contributed by atoms with Gasteiger partial charge in [-0.25, -0.2) is 4.79 Å². The Hall–Kier alpha value is -3.39. The maximum atomic E-state index is 13.2. The molecule has 1 aliphatic carbocycles. The molecule has 2 amide bonds. The Bertz CT molecular complexity index is 1050. The molecule has 3 aliphatic rings. The van der Waals surface area contributed by atoms with Crippen molar-refractivity contribution in [3.05, 3.63) is 59.7 Å². The smallest absolute Gasteiger partial charge is 0.408 e. The molecule has 0 aromatic heterocycles. The Labute approximate surface area is 191 Å². The van der Waals surface area contributed by atoms with E-state index >= 15 is 0 Å². The molecule has 172 valence electrons. The minimum Gasteiger partial charge on any atom is -0.481 e. The zero-order valence-electron chi connectivity index (χ0n) is 18.2. The largest absolute Gasteiger partial charge is 0.481 e. The standard InChI is InChI=1S/C25H26N2O6/c28-22(29)16-9-11-27(13-16)23(30)25(10-12-32-15-25)26-24(31)33-14-21-19-7-3-1-5-17(19)18-6-2-4-8-20(18)21/h1-8,16,21H,9-15H2,(H,26,31)(H,28,29). The van der Waals surface area contributed by atoms with Crippen LogP contribution in [0.1, 0.15) is 29.9 Å². The fourth-order valence-corrected chi connectivity index (χ4v) is 5.16. The highest BCUT2D eigenvalue weighted by molar-refractivity contribution is 5.91. The highest BCUT2D eigenvalue weighted by Crippen LogP contribution is 2.44. The van der Waals surface area contributed by atoms with Crippen molar-refractivity contribution in [1.82, 2.24) is 10.2 Å². The molecule has 8 heteroatoms. The van der Waals surface area contributed by atoms with E-state index in [9.17, 15) is 19.5 Å². The average molecular weight is 450 g/mol. The van der Waals surface area contributed by atoms with Gasteiger partial charge in [-0.3, -0.25) is 9.59 Å². The number of hydrogen-bond acceptors (Lipinski definition) is 5. The number of benzene rings is 2. The second kappa shape index (κ2) is 8.51. The molecule has 2 aromatic rings. The summed E-state index contributed by atoms with van der Waals surface area (Å²) >= 11 is 0. The summed E-state index contributed by atoms with van der Waals surface area (Å²) in [5.41, 5.74) is 3.27. The van der Waals surface area contributed by atoms with Crippen molar-refractivity contribution >= 4 is 18.0 Å². The maximum Gasteiger partial charge on any atom is 0.408 e. The van der Waals surface area contributed by atoms with Gasteiger partial charge in [0.25, 0.3) is 5.91 Å². The third-order valence-electron chi connectivity index (χ3n) is 6.94. The number of amides is 2. The molecule has 2 saturated heterocycles. The number of carbonyl (C=O) groups excluding carboxylic acids is 2. The number of likely N-dealkylation sites (tertiary alicyclic amines) is 1. The molecule has 2 N–H and O–H groups in total. The van der Waals surface area contributed by atoms with Crippen LogP contribution in [0.3, 0.4) is 0 Å². The van der Waals surface area contributed by atoms with Gasteiger partial charge in [0.05, 0.1) is 12.5 Å². The monoisotopic (exact) mass is 450 g/mol. The number of aliphatic carboxylic acids is 1. The Morgan fingerprint density at radius 3 is 2.33 bits per heavy atom. The first kappa shape index (κ1) is 21.5. The van der Waals surface area contributed by atoms with Crippen LogP contribution in [0, 0.1) is 5.92 Å². The number of nitrogens with one attached hydrogen (secondary N) is 1. The maximum absolute atomic E-state index is 13.2. The Kier molecular flexibility index (Phi) is 5.54. The molecule has 0 saturated carbocycles. The number of nitrogens with zero attached hydrogens (tertiary/aromatic N) is 1. The number of alkyl carbamates (subject to hydrolysis) is 1. The first-order chi connectivity index (χ1) is 16.0. The quantitative estimate of drug-likeness (QED) is 0.726. The molecule has 0 spiro atoms. The minimum absolute atomic E-state index is 0.0459. The van der Waals surface area contributed by atoms with Gasteiger partial charge in [-0.05, 0) is 28.7 Å². The normalized spacial score (nSPS) is 23.8. The van der Waals surface area contributed by atoms with Crippen LogP contribution < -0.4 is 5.32 Å². The predicted molar refractivity (Wildman–Crippen MR) is 119 cm³/mol. The fraction of sp³-hybridized carbons (Fsp3) is 0.400. The molecule has 2 aromatic carbocycles. The lowest BCUT2D eigenvalue weighted by atomic mass is 9.96. The highest BCUT2D eigenvalue weighted by atomic mass is 16.6. The zero-order chi connectivity index (χ0) is 23.0. The van der Waals surface area contributed by atoms with E-state index in [2.05, 4.69) is 17.4 Å². The molecule has 5 rings (SSSR count). The number of fused-ring (bicyclic) bond motifs is 3. The van der Waals surface area contributed by atoms with Gasteiger partial charge in [-0.2, -0.15) is 0 Å². The molecule has 33 heavy (non-hydrogen) atoms. The van der Waals surface area contributed by atoms with E-state index in [-0.39, 0.29) is 31.6 Å². The zero-order valence-corrected chi connectivity index (χ0v) is 18.2. The van der Waals surface area contributed by atoms with Crippen LogP contribution in [-0.2, 0) is 19.1 Å². The third kappa shape index (κ3) is 3.84. The van der Waals surface area contributed by atoms with Crippen molar-refractivity contribution in [3.8, 4) is 11.1 Å². The summed E-state index contributed by atoms with van der Waals surface area (Å²) in [6, 6.07) is 16.2. The molecular formula is C25H26N2O6. The molecule has 2 fully saturated rings. The van der Waals surface area contributed by atoms with Crippen LogP contribution in [0.2, 0.25) is 0 Å². The number of rotatable bonds is 5. The summed E-state index contributed by atoms with van der Waals surface area (Å²) in [4.78, 5) is 38.9. The van der Waals surface area contributed by atoms with Gasteiger partial charge in [0, 0.05) is 32.0 Å². The van der Waals surface area contributed by atoms with Gasteiger partial charge in [-0.15, -0.1) is 0 Å². The summed E-state index contributed by atoms with van der Waals surface area (Å²) in [6.45, 7) is 1.03. The number of carbonyl (C=O) groups is 3. The van der Waals surface area contributed by atoms with E-state index in [0.717, 1.165) is 22.3 Å². The van der Waals surface area contributed by atoms with Crippen molar-refractivity contribution < 1.29 is 29.0 Å². The molecular weight excluding hydrogens is 424 g/mol. The van der Waals surface area contributed by atoms with Gasteiger partial charge in [0.1, 0.15) is 12.1 Å². The van der Waals surface area contributed by atoms with Crippen molar-refractivity contribution in [2.75, 3.05) is 32.9 Å². The van der Waals surface area contributed by atoms with E-state index in [0.29, 0.717) is 26.0 Å². The molecule has 2 unspecified atom stereocenters. The van der Waals surface area contributed by atoms with Crippen molar-refractivity contribution in [2.24, 2.45) is 5.92 Å². The Morgan fingerprint density at radius 2 is 1.76 bits per heavy atom. The van der Waals surface area contributed by atoms with Crippen molar-refractivity contribution in [1.29, 1.82) is 0 Å². The van der Waals surface area contributed by atoms with Crippen LogP contribution in [0.5, 0.6) is 0 Å². The van der Waals surface area contributed by atoms with E-state index in [1.54, 1.807) is 0 Å². The molecule has 2 heterocycles. The van der Waals surface area contributed by atoms with Gasteiger partial charge >= 0.3 is 12.1 Å². The van der Waals surface area contributed by atoms with E-state index in [4.69, 9.17) is 9.47 Å². The van der Waals surface area contributed by atoms with Crippen LogP contribution in [-0.4, -0.2) is 66.4 Å². The third-order valence-corrected chi connectivity index (χ3v) is 6.94. The number of carboxylic acid groups (broad SMARTS) is 1. The van der Waals surface area contributed by atoms with Gasteiger partial charge in [0.2, 0.25) is 0 Å². The SMILES string of the molecule is O=C(NC1(C(=O)N2CCC(C(=O)O)C2)CCOC1)OCC1c2ccccc2-c2ccccc21. The first-order valence-electron chi connectivity index (χ1n) is 11.2. The molecule has 2 aliphatic heterocycles. The predicted octanol–water partition coefficient (Wildman–Crippen LogP) is 2.62. The van der Waals surface area contributed by atoms with Crippen LogP contribution in [0.15, 0.2) is 48.5 Å². The lowest BCUT2D eigenvalue weighted by Gasteiger charge is -2.31. The summed E-state index contributed by atoms with van der Waals surface area (Å²) in [5, 5.41) is 12.0.